The molecule has 0 aromatic heterocycles. The number of rotatable bonds is 8. The van der Waals surface area contributed by atoms with Crippen LogP contribution >= 0.6 is 0 Å². The van der Waals surface area contributed by atoms with Crippen LogP contribution in [0.4, 0.5) is 0 Å². The van der Waals surface area contributed by atoms with Crippen LogP contribution in [0.25, 0.3) is 10.8 Å². The SMILES string of the molecule is C#CCOc1ccc2ccccc2c1CNCCCOC. The first-order valence-electron chi connectivity index (χ1n) is 7.13. The van der Waals surface area contributed by atoms with Gasteiger partial charge in [0.15, 0.2) is 0 Å². The van der Waals surface area contributed by atoms with Crippen molar-refractivity contribution < 1.29 is 9.47 Å². The fourth-order valence-electron chi connectivity index (χ4n) is 2.31. The highest BCUT2D eigenvalue weighted by molar-refractivity contribution is 5.87. The molecule has 2 aromatic rings. The fraction of sp³-hybridized carbons (Fsp3) is 0.333. The summed E-state index contributed by atoms with van der Waals surface area (Å²) in [4.78, 5) is 0. The molecule has 0 saturated carbocycles. The van der Waals surface area contributed by atoms with Gasteiger partial charge in [-0.05, 0) is 29.8 Å². The molecule has 0 unspecified atom stereocenters. The van der Waals surface area contributed by atoms with Crippen molar-refractivity contribution in [1.82, 2.24) is 5.32 Å². The quantitative estimate of drug-likeness (QED) is 0.597. The van der Waals surface area contributed by atoms with Gasteiger partial charge in [-0.25, -0.2) is 0 Å². The zero-order valence-corrected chi connectivity index (χ0v) is 12.4. The summed E-state index contributed by atoms with van der Waals surface area (Å²) in [7, 11) is 1.72. The Balaban J connectivity index is 2.17. The molecule has 0 amide bonds. The lowest BCUT2D eigenvalue weighted by Gasteiger charge is -2.14. The zero-order valence-electron chi connectivity index (χ0n) is 12.4. The van der Waals surface area contributed by atoms with Crippen LogP contribution in [0.2, 0.25) is 0 Å². The molecule has 0 fully saturated rings. The minimum Gasteiger partial charge on any atom is -0.481 e. The highest BCUT2D eigenvalue weighted by Gasteiger charge is 2.08. The van der Waals surface area contributed by atoms with Gasteiger partial charge in [-0.15, -0.1) is 6.42 Å². The molecule has 0 saturated heterocycles. The van der Waals surface area contributed by atoms with Crippen LogP contribution < -0.4 is 10.1 Å². The molecule has 3 nitrogen and oxygen atoms in total. The van der Waals surface area contributed by atoms with Gasteiger partial charge >= 0.3 is 0 Å². The van der Waals surface area contributed by atoms with Crippen LogP contribution in [0.5, 0.6) is 5.75 Å². The largest absolute Gasteiger partial charge is 0.481 e. The van der Waals surface area contributed by atoms with E-state index < -0.39 is 0 Å². The third-order valence-corrected chi connectivity index (χ3v) is 3.31. The minimum atomic E-state index is 0.287. The first-order valence-corrected chi connectivity index (χ1v) is 7.13. The molecule has 0 heterocycles. The highest BCUT2D eigenvalue weighted by atomic mass is 16.5. The third kappa shape index (κ3) is 4.22. The average Bonchev–Trinajstić information content (AvgIpc) is 2.53. The third-order valence-electron chi connectivity index (χ3n) is 3.31. The van der Waals surface area contributed by atoms with E-state index >= 15 is 0 Å². The Hall–Kier alpha value is -2.02. The number of terminal acetylenes is 1. The second kappa shape index (κ2) is 8.31. The Bertz CT molecular complexity index is 616. The van der Waals surface area contributed by atoms with E-state index in [0.717, 1.165) is 37.4 Å². The molecule has 2 rings (SSSR count). The summed E-state index contributed by atoms with van der Waals surface area (Å²) in [6.07, 6.45) is 6.28. The van der Waals surface area contributed by atoms with Gasteiger partial charge in [0.25, 0.3) is 0 Å². The van der Waals surface area contributed by atoms with Crippen molar-refractivity contribution in [3.63, 3.8) is 0 Å². The van der Waals surface area contributed by atoms with E-state index in [2.05, 4.69) is 29.4 Å². The Morgan fingerprint density at radius 2 is 2.05 bits per heavy atom. The van der Waals surface area contributed by atoms with Gasteiger partial charge in [-0.3, -0.25) is 0 Å². The van der Waals surface area contributed by atoms with Gasteiger partial charge in [0.2, 0.25) is 0 Å². The van der Waals surface area contributed by atoms with E-state index in [1.807, 2.05) is 18.2 Å². The fourth-order valence-corrected chi connectivity index (χ4v) is 2.31. The maximum atomic E-state index is 5.67. The molecular formula is C18H21NO2. The topological polar surface area (TPSA) is 30.5 Å². The van der Waals surface area contributed by atoms with Crippen molar-refractivity contribution in [3.8, 4) is 18.1 Å². The first kappa shape index (κ1) is 15.4. The van der Waals surface area contributed by atoms with Crippen LogP contribution in [-0.2, 0) is 11.3 Å². The van der Waals surface area contributed by atoms with Gasteiger partial charge < -0.3 is 14.8 Å². The molecule has 2 aromatic carbocycles. The lowest BCUT2D eigenvalue weighted by Crippen LogP contribution is -2.17. The van der Waals surface area contributed by atoms with Crippen LogP contribution in [0.3, 0.4) is 0 Å². The van der Waals surface area contributed by atoms with Crippen LogP contribution in [0.15, 0.2) is 36.4 Å². The standard InChI is InChI=1S/C18H21NO2/c1-3-12-21-18-10-9-15-7-4-5-8-16(15)17(18)14-19-11-6-13-20-2/h1,4-5,7-10,19H,6,11-14H2,2H3. The zero-order chi connectivity index (χ0) is 14.9. The predicted molar refractivity (Wildman–Crippen MR) is 86.5 cm³/mol. The van der Waals surface area contributed by atoms with E-state index in [1.54, 1.807) is 7.11 Å². The molecule has 0 bridgehead atoms. The van der Waals surface area contributed by atoms with Crippen molar-refractivity contribution in [2.45, 2.75) is 13.0 Å². The molecule has 0 aliphatic carbocycles. The normalized spacial score (nSPS) is 10.5. The molecule has 0 atom stereocenters. The molecule has 3 heteroatoms. The Labute approximate surface area is 126 Å². The number of hydrogen-bond donors (Lipinski definition) is 1. The van der Waals surface area contributed by atoms with Gasteiger partial charge in [-0.2, -0.15) is 0 Å². The lowest BCUT2D eigenvalue weighted by molar-refractivity contribution is 0.194. The molecule has 110 valence electrons. The summed E-state index contributed by atoms with van der Waals surface area (Å²) in [6.45, 7) is 2.72. The lowest BCUT2D eigenvalue weighted by atomic mass is 10.0. The monoisotopic (exact) mass is 283 g/mol. The number of methoxy groups -OCH3 is 1. The molecule has 0 spiro atoms. The minimum absolute atomic E-state index is 0.287. The smallest absolute Gasteiger partial charge is 0.148 e. The van der Waals surface area contributed by atoms with E-state index in [9.17, 15) is 0 Å². The van der Waals surface area contributed by atoms with E-state index in [-0.39, 0.29) is 6.61 Å². The summed E-state index contributed by atoms with van der Waals surface area (Å²) in [5.74, 6) is 3.37. The maximum absolute atomic E-state index is 5.67. The van der Waals surface area contributed by atoms with Crippen molar-refractivity contribution >= 4 is 10.8 Å². The second-order valence-corrected chi connectivity index (χ2v) is 4.78. The van der Waals surface area contributed by atoms with Crippen molar-refractivity contribution in [2.75, 3.05) is 26.9 Å². The van der Waals surface area contributed by atoms with E-state index in [1.165, 1.54) is 10.8 Å². The van der Waals surface area contributed by atoms with Gasteiger partial charge in [0, 0.05) is 25.8 Å². The summed E-state index contributed by atoms with van der Waals surface area (Å²) < 4.78 is 10.7. The van der Waals surface area contributed by atoms with E-state index in [4.69, 9.17) is 15.9 Å². The van der Waals surface area contributed by atoms with Crippen LogP contribution in [0.1, 0.15) is 12.0 Å². The summed E-state index contributed by atoms with van der Waals surface area (Å²) >= 11 is 0. The van der Waals surface area contributed by atoms with E-state index in [0.29, 0.717) is 0 Å². The maximum Gasteiger partial charge on any atom is 0.148 e. The number of fused-ring (bicyclic) bond motifs is 1. The van der Waals surface area contributed by atoms with Gasteiger partial charge in [-0.1, -0.05) is 36.3 Å². The molecule has 1 N–H and O–H groups in total. The average molecular weight is 283 g/mol. The van der Waals surface area contributed by atoms with Gasteiger partial charge in [0.05, 0.1) is 0 Å². The summed E-state index contributed by atoms with van der Waals surface area (Å²) in [5, 5.41) is 5.84. The van der Waals surface area contributed by atoms with Crippen LogP contribution in [-0.4, -0.2) is 26.9 Å². The van der Waals surface area contributed by atoms with Crippen molar-refractivity contribution in [3.05, 3.63) is 42.0 Å². The molecule has 0 aliphatic rings. The summed E-state index contributed by atoms with van der Waals surface area (Å²) in [6, 6.07) is 12.4. The summed E-state index contributed by atoms with van der Waals surface area (Å²) in [5.41, 5.74) is 1.15. The van der Waals surface area contributed by atoms with Gasteiger partial charge in [0.1, 0.15) is 12.4 Å². The van der Waals surface area contributed by atoms with Crippen molar-refractivity contribution in [2.24, 2.45) is 0 Å². The molecule has 0 aliphatic heterocycles. The second-order valence-electron chi connectivity index (χ2n) is 4.78. The van der Waals surface area contributed by atoms with Crippen molar-refractivity contribution in [1.29, 1.82) is 0 Å². The number of benzene rings is 2. The number of hydrogen-bond acceptors (Lipinski definition) is 3. The van der Waals surface area contributed by atoms with Crippen LogP contribution in [0, 0.1) is 12.3 Å². The predicted octanol–water partition coefficient (Wildman–Crippen LogP) is 2.98. The Morgan fingerprint density at radius 1 is 1.19 bits per heavy atom. The Morgan fingerprint density at radius 3 is 2.86 bits per heavy atom. The molecular weight excluding hydrogens is 262 g/mol. The Kier molecular flexibility index (Phi) is 6.08. The first-order chi connectivity index (χ1) is 10.4. The molecule has 21 heavy (non-hydrogen) atoms. The molecule has 0 radical (unpaired) electrons. The highest BCUT2D eigenvalue weighted by Crippen LogP contribution is 2.28. The number of ether oxygens (including phenoxy) is 2. The number of nitrogens with one attached hydrogen (secondary N) is 1.